The number of hydrogen-bond acceptors (Lipinski definition) is 4. The maximum Gasteiger partial charge on any atom is 0.354 e. The lowest BCUT2D eigenvalue weighted by Crippen LogP contribution is -2.30. The molecule has 1 rings (SSSR count). The summed E-state index contributed by atoms with van der Waals surface area (Å²) in [5.41, 5.74) is 6.46. The van der Waals surface area contributed by atoms with E-state index < -0.39 is 5.97 Å². The number of nitrogens with zero attached hydrogens (tertiary/aromatic N) is 1. The number of nitrogen functional groups attached to an aromatic ring is 1. The zero-order valence-electron chi connectivity index (χ0n) is 10.9. The highest BCUT2D eigenvalue weighted by Crippen LogP contribution is 2.12. The van der Waals surface area contributed by atoms with Crippen molar-refractivity contribution in [2.75, 3.05) is 12.8 Å². The van der Waals surface area contributed by atoms with Gasteiger partial charge in [0, 0.05) is 25.2 Å². The highest BCUT2D eigenvalue weighted by atomic mass is 16.5. The van der Waals surface area contributed by atoms with E-state index in [-0.39, 0.29) is 18.4 Å². The minimum absolute atomic E-state index is 0.0620. The molecule has 1 aromatic rings. The van der Waals surface area contributed by atoms with Gasteiger partial charge >= 0.3 is 5.97 Å². The summed E-state index contributed by atoms with van der Waals surface area (Å²) in [5.74, 6) is -0.524. The molecule has 0 fully saturated rings. The van der Waals surface area contributed by atoms with Gasteiger partial charge in [-0.15, -0.1) is 0 Å². The van der Waals surface area contributed by atoms with Crippen LogP contribution in [0.4, 0.5) is 5.69 Å². The van der Waals surface area contributed by atoms with Crippen molar-refractivity contribution in [2.45, 2.75) is 32.9 Å². The maximum absolute atomic E-state index is 11.5. The fourth-order valence-electron chi connectivity index (χ4n) is 1.61. The van der Waals surface area contributed by atoms with Gasteiger partial charge in [0.2, 0.25) is 5.91 Å². The lowest BCUT2D eigenvalue weighted by atomic mass is 10.3. The fraction of sp³-hybridized carbons (Fsp3) is 0.500. The van der Waals surface area contributed by atoms with Gasteiger partial charge in [-0.05, 0) is 19.9 Å². The second kappa shape index (κ2) is 6.09. The van der Waals surface area contributed by atoms with E-state index in [0.29, 0.717) is 17.9 Å². The van der Waals surface area contributed by atoms with Gasteiger partial charge in [-0.25, -0.2) is 4.79 Å². The number of aryl methyl sites for hydroxylation is 1. The number of aromatic nitrogens is 1. The third-order valence-corrected chi connectivity index (χ3v) is 2.34. The lowest BCUT2D eigenvalue weighted by Gasteiger charge is -2.10. The van der Waals surface area contributed by atoms with Gasteiger partial charge in [0.15, 0.2) is 0 Å². The average Bonchev–Trinajstić information content (AvgIpc) is 2.66. The Morgan fingerprint density at radius 1 is 1.50 bits per heavy atom. The number of amides is 1. The largest absolute Gasteiger partial charge is 0.464 e. The summed E-state index contributed by atoms with van der Waals surface area (Å²) in [7, 11) is 1.31. The molecule has 0 saturated carbocycles. The van der Waals surface area contributed by atoms with Crippen LogP contribution in [0.15, 0.2) is 12.3 Å². The Kier molecular flexibility index (Phi) is 4.76. The number of carbonyl (C=O) groups is 2. The van der Waals surface area contributed by atoms with Crippen molar-refractivity contribution in [3.8, 4) is 0 Å². The molecule has 0 aromatic carbocycles. The Hall–Kier alpha value is -1.98. The van der Waals surface area contributed by atoms with Crippen LogP contribution in [0, 0.1) is 0 Å². The highest BCUT2D eigenvalue weighted by molar-refractivity contribution is 5.89. The molecule has 0 atom stereocenters. The smallest absolute Gasteiger partial charge is 0.354 e. The van der Waals surface area contributed by atoms with E-state index in [4.69, 9.17) is 5.73 Å². The molecule has 0 aliphatic heterocycles. The van der Waals surface area contributed by atoms with Crippen molar-refractivity contribution in [2.24, 2.45) is 0 Å². The second-order valence-electron chi connectivity index (χ2n) is 4.32. The van der Waals surface area contributed by atoms with E-state index in [0.717, 1.165) is 0 Å². The number of nitrogens with one attached hydrogen (secondary N) is 1. The Morgan fingerprint density at radius 2 is 2.17 bits per heavy atom. The SMILES string of the molecule is COC(=O)c1cc(N)cn1CCC(=O)NC(C)C. The van der Waals surface area contributed by atoms with E-state index in [1.54, 1.807) is 10.8 Å². The highest BCUT2D eigenvalue weighted by Gasteiger charge is 2.14. The van der Waals surface area contributed by atoms with Crippen LogP contribution >= 0.6 is 0 Å². The van der Waals surface area contributed by atoms with Crippen LogP contribution in [-0.4, -0.2) is 29.6 Å². The van der Waals surface area contributed by atoms with Crippen molar-refractivity contribution >= 4 is 17.6 Å². The lowest BCUT2D eigenvalue weighted by molar-refractivity contribution is -0.121. The Balaban J connectivity index is 2.67. The minimum atomic E-state index is -0.462. The normalized spacial score (nSPS) is 10.4. The first kappa shape index (κ1) is 14.1. The van der Waals surface area contributed by atoms with Crippen LogP contribution in [0.2, 0.25) is 0 Å². The molecule has 0 radical (unpaired) electrons. The van der Waals surface area contributed by atoms with Gasteiger partial charge in [-0.1, -0.05) is 0 Å². The molecule has 100 valence electrons. The third kappa shape index (κ3) is 3.80. The molecule has 0 saturated heterocycles. The van der Waals surface area contributed by atoms with Crippen LogP contribution in [0.1, 0.15) is 30.8 Å². The summed E-state index contributed by atoms with van der Waals surface area (Å²) in [6.07, 6.45) is 1.91. The number of esters is 1. The van der Waals surface area contributed by atoms with Gasteiger partial charge < -0.3 is 20.4 Å². The Morgan fingerprint density at radius 3 is 2.72 bits per heavy atom. The summed E-state index contributed by atoms with van der Waals surface area (Å²) in [4.78, 5) is 23.0. The molecular formula is C12H19N3O3. The molecule has 1 aromatic heterocycles. The molecule has 1 amide bonds. The van der Waals surface area contributed by atoms with E-state index in [1.165, 1.54) is 13.2 Å². The maximum atomic E-state index is 11.5. The molecular weight excluding hydrogens is 234 g/mol. The molecule has 0 aliphatic carbocycles. The first-order chi connectivity index (χ1) is 8.43. The van der Waals surface area contributed by atoms with Gasteiger partial charge in [0.1, 0.15) is 5.69 Å². The quantitative estimate of drug-likeness (QED) is 0.759. The molecule has 18 heavy (non-hydrogen) atoms. The minimum Gasteiger partial charge on any atom is -0.464 e. The summed E-state index contributed by atoms with van der Waals surface area (Å²) < 4.78 is 6.27. The number of methoxy groups -OCH3 is 1. The number of hydrogen-bond donors (Lipinski definition) is 2. The molecule has 0 spiro atoms. The first-order valence-corrected chi connectivity index (χ1v) is 5.77. The fourth-order valence-corrected chi connectivity index (χ4v) is 1.61. The topological polar surface area (TPSA) is 86.3 Å². The van der Waals surface area contributed by atoms with E-state index >= 15 is 0 Å². The summed E-state index contributed by atoms with van der Waals surface area (Å²) in [5, 5.41) is 2.78. The summed E-state index contributed by atoms with van der Waals surface area (Å²) in [6, 6.07) is 1.64. The number of carbonyl (C=O) groups excluding carboxylic acids is 2. The average molecular weight is 253 g/mol. The van der Waals surface area contributed by atoms with Crippen molar-refractivity contribution < 1.29 is 14.3 Å². The molecule has 6 heteroatoms. The summed E-state index contributed by atoms with van der Waals surface area (Å²) in [6.45, 7) is 4.18. The zero-order chi connectivity index (χ0) is 13.7. The third-order valence-electron chi connectivity index (χ3n) is 2.34. The number of rotatable bonds is 5. The standard InChI is InChI=1S/C12H19N3O3/c1-8(2)14-11(16)4-5-15-7-9(13)6-10(15)12(17)18-3/h6-8H,4-5,13H2,1-3H3,(H,14,16). The monoisotopic (exact) mass is 253 g/mol. The van der Waals surface area contributed by atoms with Crippen LogP contribution in [0.25, 0.3) is 0 Å². The second-order valence-corrected chi connectivity index (χ2v) is 4.32. The van der Waals surface area contributed by atoms with Crippen LogP contribution in [0.3, 0.4) is 0 Å². The van der Waals surface area contributed by atoms with Crippen LogP contribution < -0.4 is 11.1 Å². The van der Waals surface area contributed by atoms with Crippen LogP contribution in [-0.2, 0) is 16.1 Å². The van der Waals surface area contributed by atoms with E-state index in [1.807, 2.05) is 13.8 Å². The van der Waals surface area contributed by atoms with Gasteiger partial charge in [-0.3, -0.25) is 4.79 Å². The van der Waals surface area contributed by atoms with Crippen molar-refractivity contribution in [1.29, 1.82) is 0 Å². The molecule has 0 bridgehead atoms. The molecule has 0 aliphatic rings. The molecule has 0 unspecified atom stereocenters. The van der Waals surface area contributed by atoms with Crippen LogP contribution in [0.5, 0.6) is 0 Å². The number of nitrogens with two attached hydrogens (primary N) is 1. The van der Waals surface area contributed by atoms with Gasteiger partial charge in [-0.2, -0.15) is 0 Å². The Bertz CT molecular complexity index is 438. The number of ether oxygens (including phenoxy) is 1. The van der Waals surface area contributed by atoms with Crippen molar-refractivity contribution in [1.82, 2.24) is 9.88 Å². The Labute approximate surface area is 106 Å². The van der Waals surface area contributed by atoms with Crippen molar-refractivity contribution in [3.63, 3.8) is 0 Å². The van der Waals surface area contributed by atoms with E-state index in [9.17, 15) is 9.59 Å². The summed E-state index contributed by atoms with van der Waals surface area (Å²) >= 11 is 0. The van der Waals surface area contributed by atoms with Gasteiger partial charge in [0.25, 0.3) is 0 Å². The van der Waals surface area contributed by atoms with Gasteiger partial charge in [0.05, 0.1) is 12.8 Å². The molecule has 6 nitrogen and oxygen atoms in total. The molecule has 3 N–H and O–H groups in total. The number of anilines is 1. The zero-order valence-corrected chi connectivity index (χ0v) is 10.9. The van der Waals surface area contributed by atoms with Crippen molar-refractivity contribution in [3.05, 3.63) is 18.0 Å². The predicted octanol–water partition coefficient (Wildman–Crippen LogP) is 0.772. The predicted molar refractivity (Wildman–Crippen MR) is 68.1 cm³/mol. The molecule has 1 heterocycles. The first-order valence-electron chi connectivity index (χ1n) is 5.77. The van der Waals surface area contributed by atoms with E-state index in [2.05, 4.69) is 10.1 Å².